The number of ether oxygens (including phenoxy) is 1. The summed E-state index contributed by atoms with van der Waals surface area (Å²) in [5, 5.41) is 3.98. The van der Waals surface area contributed by atoms with Crippen molar-refractivity contribution in [2.24, 2.45) is 0 Å². The summed E-state index contributed by atoms with van der Waals surface area (Å²) in [6.07, 6.45) is 0. The molecule has 1 aromatic heterocycles. The van der Waals surface area contributed by atoms with Crippen molar-refractivity contribution >= 4 is 10.0 Å². The van der Waals surface area contributed by atoms with E-state index in [1.807, 2.05) is 45.0 Å². The highest BCUT2D eigenvalue weighted by molar-refractivity contribution is 7.89. The Morgan fingerprint density at radius 2 is 1.80 bits per heavy atom. The van der Waals surface area contributed by atoms with Crippen molar-refractivity contribution < 1.29 is 17.7 Å². The standard InChI is InChI=1S/C22H27N3O4S/c1-14(2)18-12-20(16(4)11-19(18)28-6)30(26,27)25(5)13-21-23-22(24-29-21)17-9-7-15(3)8-10-17/h7-12,14H,13H2,1-6H3. The van der Waals surface area contributed by atoms with Gasteiger partial charge in [-0.05, 0) is 43.0 Å². The van der Waals surface area contributed by atoms with Crippen LogP contribution in [0.5, 0.6) is 5.75 Å². The van der Waals surface area contributed by atoms with E-state index in [4.69, 9.17) is 9.26 Å². The molecule has 2 aromatic carbocycles. The lowest BCUT2D eigenvalue weighted by atomic mass is 10.0. The van der Waals surface area contributed by atoms with Gasteiger partial charge in [0.15, 0.2) is 0 Å². The molecular weight excluding hydrogens is 402 g/mol. The Bertz CT molecular complexity index is 1140. The summed E-state index contributed by atoms with van der Waals surface area (Å²) in [4.78, 5) is 4.59. The smallest absolute Gasteiger partial charge is 0.243 e. The molecule has 0 saturated heterocycles. The summed E-state index contributed by atoms with van der Waals surface area (Å²) < 4.78 is 38.4. The minimum absolute atomic E-state index is 0.0241. The fourth-order valence-electron chi connectivity index (χ4n) is 3.17. The van der Waals surface area contributed by atoms with Gasteiger partial charge in [0, 0.05) is 12.6 Å². The summed E-state index contributed by atoms with van der Waals surface area (Å²) in [5.41, 5.74) is 3.40. The largest absolute Gasteiger partial charge is 0.496 e. The maximum Gasteiger partial charge on any atom is 0.243 e. The number of benzene rings is 2. The quantitative estimate of drug-likeness (QED) is 0.556. The number of sulfonamides is 1. The first kappa shape index (κ1) is 22.0. The molecule has 30 heavy (non-hydrogen) atoms. The lowest BCUT2D eigenvalue weighted by Crippen LogP contribution is -2.27. The molecule has 3 rings (SSSR count). The van der Waals surface area contributed by atoms with Gasteiger partial charge in [0.25, 0.3) is 0 Å². The van der Waals surface area contributed by atoms with Crippen molar-refractivity contribution in [3.05, 3.63) is 59.0 Å². The Labute approximate surface area is 177 Å². The van der Waals surface area contributed by atoms with Crippen LogP contribution in [0, 0.1) is 13.8 Å². The lowest BCUT2D eigenvalue weighted by molar-refractivity contribution is 0.336. The zero-order valence-corrected chi connectivity index (χ0v) is 18.9. The first-order valence-electron chi connectivity index (χ1n) is 9.68. The van der Waals surface area contributed by atoms with Crippen molar-refractivity contribution in [1.29, 1.82) is 0 Å². The van der Waals surface area contributed by atoms with E-state index in [2.05, 4.69) is 10.1 Å². The first-order valence-corrected chi connectivity index (χ1v) is 11.1. The number of hydrogen-bond acceptors (Lipinski definition) is 6. The molecule has 1 heterocycles. The molecule has 0 N–H and O–H groups in total. The second-order valence-electron chi connectivity index (χ2n) is 7.65. The van der Waals surface area contributed by atoms with E-state index in [-0.39, 0.29) is 23.2 Å². The van der Waals surface area contributed by atoms with E-state index in [0.717, 1.165) is 16.7 Å². The van der Waals surface area contributed by atoms with Crippen LogP contribution in [0.15, 0.2) is 45.8 Å². The van der Waals surface area contributed by atoms with Gasteiger partial charge >= 0.3 is 0 Å². The lowest BCUT2D eigenvalue weighted by Gasteiger charge is -2.20. The number of methoxy groups -OCH3 is 1. The Balaban J connectivity index is 1.87. The van der Waals surface area contributed by atoms with E-state index in [9.17, 15) is 8.42 Å². The normalized spacial score (nSPS) is 12.0. The SMILES string of the molecule is COc1cc(C)c(S(=O)(=O)N(C)Cc2nc(-c3ccc(C)cc3)no2)cc1C(C)C. The predicted octanol–water partition coefficient (Wildman–Crippen LogP) is 4.31. The van der Waals surface area contributed by atoms with E-state index in [0.29, 0.717) is 17.1 Å². The van der Waals surface area contributed by atoms with Gasteiger partial charge in [-0.1, -0.05) is 48.8 Å². The molecular formula is C22H27N3O4S. The number of nitrogens with zero attached hydrogens (tertiary/aromatic N) is 3. The molecule has 8 heteroatoms. The van der Waals surface area contributed by atoms with Crippen molar-refractivity contribution in [2.75, 3.05) is 14.2 Å². The minimum atomic E-state index is -3.76. The Morgan fingerprint density at radius 3 is 2.40 bits per heavy atom. The molecule has 160 valence electrons. The predicted molar refractivity (Wildman–Crippen MR) is 115 cm³/mol. The fraction of sp³-hybridized carbons (Fsp3) is 0.364. The molecule has 3 aromatic rings. The van der Waals surface area contributed by atoms with Crippen LogP contribution in [0.3, 0.4) is 0 Å². The average Bonchev–Trinajstić information content (AvgIpc) is 3.16. The summed E-state index contributed by atoms with van der Waals surface area (Å²) >= 11 is 0. The number of aromatic nitrogens is 2. The van der Waals surface area contributed by atoms with E-state index in [1.54, 1.807) is 26.2 Å². The topological polar surface area (TPSA) is 85.5 Å². The van der Waals surface area contributed by atoms with Crippen LogP contribution in [-0.4, -0.2) is 37.0 Å². The van der Waals surface area contributed by atoms with Crippen LogP contribution < -0.4 is 4.74 Å². The van der Waals surface area contributed by atoms with Gasteiger partial charge in [-0.15, -0.1) is 0 Å². The third-order valence-electron chi connectivity index (χ3n) is 4.97. The maximum atomic E-state index is 13.2. The number of aryl methyl sites for hydroxylation is 2. The highest BCUT2D eigenvalue weighted by Crippen LogP contribution is 2.32. The van der Waals surface area contributed by atoms with Crippen molar-refractivity contribution in [3.8, 4) is 17.1 Å². The van der Waals surface area contributed by atoms with Crippen molar-refractivity contribution in [1.82, 2.24) is 14.4 Å². The van der Waals surface area contributed by atoms with Crippen LogP contribution in [0.1, 0.15) is 42.3 Å². The Kier molecular flexibility index (Phi) is 6.28. The Morgan fingerprint density at radius 1 is 1.13 bits per heavy atom. The summed E-state index contributed by atoms with van der Waals surface area (Å²) in [5.74, 6) is 1.46. The average molecular weight is 430 g/mol. The molecule has 0 spiro atoms. The van der Waals surface area contributed by atoms with E-state index < -0.39 is 10.0 Å². The highest BCUT2D eigenvalue weighted by Gasteiger charge is 2.27. The summed E-state index contributed by atoms with van der Waals surface area (Å²) in [7, 11) is -0.671. The van der Waals surface area contributed by atoms with Crippen LogP contribution in [0.25, 0.3) is 11.4 Å². The summed E-state index contributed by atoms with van der Waals surface area (Å²) in [6.45, 7) is 7.73. The molecule has 0 aliphatic carbocycles. The number of hydrogen-bond donors (Lipinski definition) is 0. The zero-order valence-electron chi connectivity index (χ0n) is 18.1. The van der Waals surface area contributed by atoms with Gasteiger partial charge in [0.05, 0.1) is 18.6 Å². The molecule has 0 aliphatic heterocycles. The molecule has 0 bridgehead atoms. The summed E-state index contributed by atoms with van der Waals surface area (Å²) in [6, 6.07) is 11.2. The second kappa shape index (κ2) is 8.57. The third kappa shape index (κ3) is 4.39. The zero-order chi connectivity index (χ0) is 22.1. The molecule has 0 fully saturated rings. The molecule has 0 amide bonds. The Hall–Kier alpha value is -2.71. The van der Waals surface area contributed by atoms with E-state index in [1.165, 1.54) is 11.4 Å². The molecule has 7 nitrogen and oxygen atoms in total. The van der Waals surface area contributed by atoms with Gasteiger partial charge < -0.3 is 9.26 Å². The molecule has 0 radical (unpaired) electrons. The second-order valence-corrected chi connectivity index (χ2v) is 9.67. The van der Waals surface area contributed by atoms with Gasteiger partial charge in [0.1, 0.15) is 5.75 Å². The van der Waals surface area contributed by atoms with Crippen LogP contribution in [0.4, 0.5) is 0 Å². The number of rotatable bonds is 7. The molecule has 0 unspecified atom stereocenters. The molecule has 0 aliphatic rings. The van der Waals surface area contributed by atoms with Gasteiger partial charge in [-0.3, -0.25) is 0 Å². The van der Waals surface area contributed by atoms with Crippen molar-refractivity contribution in [2.45, 2.75) is 45.1 Å². The van der Waals surface area contributed by atoms with Crippen LogP contribution in [0.2, 0.25) is 0 Å². The van der Waals surface area contributed by atoms with Crippen molar-refractivity contribution in [3.63, 3.8) is 0 Å². The fourth-order valence-corrected chi connectivity index (χ4v) is 4.52. The highest BCUT2D eigenvalue weighted by atomic mass is 32.2. The molecule has 0 atom stereocenters. The maximum absolute atomic E-state index is 13.2. The van der Waals surface area contributed by atoms with Crippen LogP contribution in [-0.2, 0) is 16.6 Å². The molecule has 0 saturated carbocycles. The van der Waals surface area contributed by atoms with E-state index >= 15 is 0 Å². The third-order valence-corrected chi connectivity index (χ3v) is 6.92. The monoisotopic (exact) mass is 429 g/mol. The van der Waals surface area contributed by atoms with Gasteiger partial charge in [-0.2, -0.15) is 9.29 Å². The first-order chi connectivity index (χ1) is 14.1. The van der Waals surface area contributed by atoms with Gasteiger partial charge in [-0.25, -0.2) is 8.42 Å². The van der Waals surface area contributed by atoms with Crippen LogP contribution >= 0.6 is 0 Å². The van der Waals surface area contributed by atoms with Gasteiger partial charge in [0.2, 0.25) is 21.7 Å². The minimum Gasteiger partial charge on any atom is -0.496 e.